The van der Waals surface area contributed by atoms with E-state index in [0.717, 1.165) is 22.4 Å². The van der Waals surface area contributed by atoms with Crippen molar-refractivity contribution < 1.29 is 9.90 Å². The van der Waals surface area contributed by atoms with E-state index in [4.69, 9.17) is 16.7 Å². The predicted molar refractivity (Wildman–Crippen MR) is 110 cm³/mol. The van der Waals surface area contributed by atoms with Crippen molar-refractivity contribution in [1.82, 2.24) is 9.97 Å². The van der Waals surface area contributed by atoms with Crippen LogP contribution in [0.2, 0.25) is 5.02 Å². The molecule has 5 nitrogen and oxygen atoms in total. The van der Waals surface area contributed by atoms with Gasteiger partial charge in [0.2, 0.25) is 0 Å². The van der Waals surface area contributed by atoms with Gasteiger partial charge in [0.05, 0.1) is 12.2 Å². The van der Waals surface area contributed by atoms with Crippen LogP contribution in [0.15, 0.2) is 61.1 Å². The summed E-state index contributed by atoms with van der Waals surface area (Å²) < 4.78 is 0. The Morgan fingerprint density at radius 1 is 1.11 bits per heavy atom. The Hall–Kier alpha value is -2.41. The van der Waals surface area contributed by atoms with E-state index in [2.05, 4.69) is 15.3 Å². The molecule has 0 aliphatic heterocycles. The van der Waals surface area contributed by atoms with Crippen LogP contribution in [0.25, 0.3) is 11.1 Å². The van der Waals surface area contributed by atoms with Gasteiger partial charge in [0.15, 0.2) is 0 Å². The summed E-state index contributed by atoms with van der Waals surface area (Å²) >= 11 is 7.54. The summed E-state index contributed by atoms with van der Waals surface area (Å²) in [6.45, 7) is 0.149. The first-order valence-electron chi connectivity index (χ1n) is 8.31. The molecule has 0 bridgehead atoms. The van der Waals surface area contributed by atoms with Crippen molar-refractivity contribution in [2.24, 2.45) is 0 Å². The molecule has 1 aromatic carbocycles. The van der Waals surface area contributed by atoms with Gasteiger partial charge in [-0.1, -0.05) is 23.7 Å². The first-order valence-corrected chi connectivity index (χ1v) is 9.85. The molecule has 0 aliphatic carbocycles. The van der Waals surface area contributed by atoms with Crippen molar-refractivity contribution in [1.29, 1.82) is 0 Å². The van der Waals surface area contributed by atoms with E-state index in [1.165, 1.54) is 6.20 Å². The number of carbonyl (C=O) groups excluding carboxylic acids is 1. The molecule has 2 N–H and O–H groups in total. The van der Waals surface area contributed by atoms with Gasteiger partial charge in [-0.15, -0.1) is 0 Å². The highest BCUT2D eigenvalue weighted by Crippen LogP contribution is 2.22. The van der Waals surface area contributed by atoms with Crippen molar-refractivity contribution in [3.63, 3.8) is 0 Å². The fraction of sp³-hybridized carbons (Fsp3) is 0.150. The molecule has 0 saturated heterocycles. The van der Waals surface area contributed by atoms with Crippen LogP contribution in [0, 0.1) is 0 Å². The number of hydrogen-bond acceptors (Lipinski definition) is 5. The van der Waals surface area contributed by atoms with Crippen molar-refractivity contribution >= 4 is 35.1 Å². The summed E-state index contributed by atoms with van der Waals surface area (Å²) in [6, 6.07) is 12.9. The molecule has 3 rings (SSSR count). The van der Waals surface area contributed by atoms with Crippen LogP contribution < -0.4 is 5.32 Å². The monoisotopic (exact) mass is 399 g/mol. The van der Waals surface area contributed by atoms with Crippen LogP contribution in [0.4, 0.5) is 5.82 Å². The predicted octanol–water partition coefficient (Wildman–Crippen LogP) is 4.27. The number of thioether (sulfide) groups is 1. The number of carbonyl (C=O) groups is 1. The Kier molecular flexibility index (Phi) is 6.81. The van der Waals surface area contributed by atoms with Crippen molar-refractivity contribution in [3.05, 3.63) is 77.2 Å². The minimum atomic E-state index is -0.272. The minimum absolute atomic E-state index is 0.149. The topological polar surface area (TPSA) is 75.1 Å². The van der Waals surface area contributed by atoms with E-state index in [-0.39, 0.29) is 12.5 Å². The third-order valence-corrected chi connectivity index (χ3v) is 5.01. The van der Waals surface area contributed by atoms with E-state index in [0.29, 0.717) is 22.2 Å². The minimum Gasteiger partial charge on any atom is -0.396 e. The number of halogens is 1. The maximum Gasteiger partial charge on any atom is 0.258 e. The molecular formula is C20H18ClN3O2S. The molecule has 0 spiro atoms. The van der Waals surface area contributed by atoms with Crippen LogP contribution in [-0.2, 0) is 5.75 Å². The molecule has 0 fully saturated rings. The fourth-order valence-electron chi connectivity index (χ4n) is 2.44. The van der Waals surface area contributed by atoms with Gasteiger partial charge >= 0.3 is 0 Å². The number of aliphatic hydroxyl groups is 1. The zero-order valence-electron chi connectivity index (χ0n) is 14.4. The van der Waals surface area contributed by atoms with E-state index < -0.39 is 0 Å². The highest BCUT2D eigenvalue weighted by Gasteiger charge is 2.10. The fourth-order valence-corrected chi connectivity index (χ4v) is 3.25. The molecule has 3 aromatic rings. The lowest BCUT2D eigenvalue weighted by atomic mass is 10.1. The van der Waals surface area contributed by atoms with Crippen LogP contribution in [0.3, 0.4) is 0 Å². The second-order valence-electron chi connectivity index (χ2n) is 5.75. The molecule has 2 heterocycles. The standard InChI is InChI=1S/C20H18ClN3O2S/c21-18-3-1-15(2-4-18)16-10-17(12-22-11-16)20(26)24-19-9-14(5-6-23-19)13-27-8-7-25/h1-6,9-12,25H,7-8,13H2,(H,23,24,26). The first-order chi connectivity index (χ1) is 13.2. The number of amides is 1. The highest BCUT2D eigenvalue weighted by atomic mass is 35.5. The SMILES string of the molecule is O=C(Nc1cc(CSCCO)ccn1)c1cncc(-c2ccc(Cl)cc2)c1. The molecule has 27 heavy (non-hydrogen) atoms. The van der Waals surface area contributed by atoms with Crippen molar-refractivity contribution in [2.45, 2.75) is 5.75 Å². The molecule has 7 heteroatoms. The Morgan fingerprint density at radius 2 is 1.93 bits per heavy atom. The summed E-state index contributed by atoms with van der Waals surface area (Å²) in [4.78, 5) is 20.9. The average Bonchev–Trinajstić information content (AvgIpc) is 2.69. The summed E-state index contributed by atoms with van der Waals surface area (Å²) in [5.41, 5.74) is 3.25. The Labute approximate surface area is 166 Å². The maximum absolute atomic E-state index is 12.6. The lowest BCUT2D eigenvalue weighted by Gasteiger charge is -2.08. The number of nitrogens with zero attached hydrogens (tertiary/aromatic N) is 2. The molecule has 0 atom stereocenters. The molecule has 0 radical (unpaired) electrons. The highest BCUT2D eigenvalue weighted by molar-refractivity contribution is 7.98. The maximum atomic E-state index is 12.6. The third-order valence-electron chi connectivity index (χ3n) is 3.75. The lowest BCUT2D eigenvalue weighted by molar-refractivity contribution is 0.102. The summed E-state index contributed by atoms with van der Waals surface area (Å²) in [7, 11) is 0. The van der Waals surface area contributed by atoms with Crippen molar-refractivity contribution in [2.75, 3.05) is 17.7 Å². The van der Waals surface area contributed by atoms with Gasteiger partial charge in [0.25, 0.3) is 5.91 Å². The van der Waals surface area contributed by atoms with Gasteiger partial charge in [-0.25, -0.2) is 4.98 Å². The smallest absolute Gasteiger partial charge is 0.258 e. The van der Waals surface area contributed by atoms with Crippen LogP contribution in [0.1, 0.15) is 15.9 Å². The van der Waals surface area contributed by atoms with Gasteiger partial charge in [0, 0.05) is 40.7 Å². The van der Waals surface area contributed by atoms with Crippen LogP contribution in [0.5, 0.6) is 0 Å². The number of rotatable bonds is 7. The van der Waals surface area contributed by atoms with Crippen molar-refractivity contribution in [3.8, 4) is 11.1 Å². The largest absolute Gasteiger partial charge is 0.396 e. The number of aliphatic hydroxyl groups excluding tert-OH is 1. The Balaban J connectivity index is 1.72. The van der Waals surface area contributed by atoms with E-state index in [9.17, 15) is 4.79 Å². The molecule has 0 unspecified atom stereocenters. The van der Waals surface area contributed by atoms with E-state index in [1.54, 1.807) is 42.4 Å². The van der Waals surface area contributed by atoms with Gasteiger partial charge in [-0.05, 0) is 41.5 Å². The number of nitrogens with one attached hydrogen (secondary N) is 1. The molecule has 2 aromatic heterocycles. The van der Waals surface area contributed by atoms with Crippen LogP contribution >= 0.6 is 23.4 Å². The van der Waals surface area contributed by atoms with Crippen LogP contribution in [-0.4, -0.2) is 33.3 Å². The summed E-state index contributed by atoms with van der Waals surface area (Å²) in [5, 5.41) is 12.3. The zero-order valence-corrected chi connectivity index (χ0v) is 16.0. The lowest BCUT2D eigenvalue weighted by Crippen LogP contribution is -2.13. The molecule has 0 saturated carbocycles. The van der Waals surface area contributed by atoms with E-state index >= 15 is 0 Å². The van der Waals surface area contributed by atoms with Gasteiger partial charge in [-0.3, -0.25) is 9.78 Å². The van der Waals surface area contributed by atoms with Gasteiger partial charge in [0.1, 0.15) is 5.82 Å². The first kappa shape index (κ1) is 19.4. The second-order valence-corrected chi connectivity index (χ2v) is 7.29. The Bertz CT molecular complexity index is 919. The third kappa shape index (κ3) is 5.53. The van der Waals surface area contributed by atoms with Gasteiger partial charge < -0.3 is 10.4 Å². The van der Waals surface area contributed by atoms with E-state index in [1.807, 2.05) is 24.3 Å². The number of anilines is 1. The molecule has 1 amide bonds. The number of pyridine rings is 2. The summed E-state index contributed by atoms with van der Waals surface area (Å²) in [5.74, 6) is 1.64. The quantitative estimate of drug-likeness (QED) is 0.580. The second kappa shape index (κ2) is 9.50. The normalized spacial score (nSPS) is 10.6. The number of aromatic nitrogens is 2. The zero-order chi connectivity index (χ0) is 19.1. The number of benzene rings is 1. The number of hydrogen-bond donors (Lipinski definition) is 2. The molecular weight excluding hydrogens is 382 g/mol. The van der Waals surface area contributed by atoms with Gasteiger partial charge in [-0.2, -0.15) is 11.8 Å². The molecule has 0 aliphatic rings. The summed E-state index contributed by atoms with van der Waals surface area (Å²) in [6.07, 6.45) is 4.89. The molecule has 138 valence electrons. The average molecular weight is 400 g/mol. The Morgan fingerprint density at radius 3 is 2.70 bits per heavy atom.